The maximum absolute atomic E-state index is 9.98. The van der Waals surface area contributed by atoms with Crippen LogP contribution in [0.15, 0.2) is 49.3 Å². The van der Waals surface area contributed by atoms with Crippen LogP contribution in [-0.2, 0) is 0 Å². The summed E-state index contributed by atoms with van der Waals surface area (Å²) in [6, 6.07) is 5.72. The zero-order valence-electron chi connectivity index (χ0n) is 7.32. The monoisotopic (exact) mass is 191 g/mol. The molecular formula is C9H9N3O2. The highest BCUT2D eigenvalue weighted by atomic mass is 16.4. The summed E-state index contributed by atoms with van der Waals surface area (Å²) in [7, 11) is 0. The van der Waals surface area contributed by atoms with Crippen molar-refractivity contribution in [2.75, 3.05) is 0 Å². The molecule has 5 nitrogen and oxygen atoms in total. The first-order valence-electron chi connectivity index (χ1n) is 3.87. The van der Waals surface area contributed by atoms with Crippen LogP contribution in [0.3, 0.4) is 0 Å². The fraction of sp³-hybridized carbons (Fsp3) is 0. The summed E-state index contributed by atoms with van der Waals surface area (Å²) in [4.78, 5) is 17.3. The smallest absolute Gasteiger partial charge is 0.416 e. The van der Waals surface area contributed by atoms with Crippen molar-refractivity contribution in [1.82, 2.24) is 14.5 Å². The van der Waals surface area contributed by atoms with Gasteiger partial charge in [0.15, 0.2) is 0 Å². The lowest BCUT2D eigenvalue weighted by atomic mass is 10.5. The molecule has 2 heterocycles. The summed E-state index contributed by atoms with van der Waals surface area (Å²) in [5.41, 5.74) is 0. The Morgan fingerprint density at radius 3 is 2.00 bits per heavy atom. The SMILES string of the molecule is O=C(O)n1ccnc1.c1ccncc1. The van der Waals surface area contributed by atoms with E-state index in [0.717, 1.165) is 4.57 Å². The van der Waals surface area contributed by atoms with Gasteiger partial charge in [0.2, 0.25) is 0 Å². The van der Waals surface area contributed by atoms with Crippen LogP contribution in [0.25, 0.3) is 0 Å². The Balaban J connectivity index is 0.000000146. The van der Waals surface area contributed by atoms with E-state index in [1.54, 1.807) is 12.4 Å². The zero-order valence-corrected chi connectivity index (χ0v) is 7.32. The molecule has 1 N–H and O–H groups in total. The Kier molecular flexibility index (Phi) is 3.87. The number of hydrogen-bond donors (Lipinski definition) is 1. The molecule has 0 unspecified atom stereocenters. The third kappa shape index (κ3) is 3.48. The van der Waals surface area contributed by atoms with Gasteiger partial charge < -0.3 is 5.11 Å². The third-order valence-corrected chi connectivity index (χ3v) is 1.29. The molecule has 0 amide bonds. The second-order valence-corrected chi connectivity index (χ2v) is 2.28. The van der Waals surface area contributed by atoms with Crippen molar-refractivity contribution in [3.63, 3.8) is 0 Å². The van der Waals surface area contributed by atoms with Crippen LogP contribution < -0.4 is 0 Å². The van der Waals surface area contributed by atoms with Crippen LogP contribution in [0, 0.1) is 0 Å². The summed E-state index contributed by atoms with van der Waals surface area (Å²) in [6.07, 6.45) is 6.49. The molecule has 14 heavy (non-hydrogen) atoms. The number of carboxylic acid groups (broad SMARTS) is 1. The summed E-state index contributed by atoms with van der Waals surface area (Å²) < 4.78 is 0.972. The first kappa shape index (κ1) is 9.91. The van der Waals surface area contributed by atoms with Crippen LogP contribution in [0.1, 0.15) is 0 Å². The number of hydrogen-bond acceptors (Lipinski definition) is 3. The van der Waals surface area contributed by atoms with Gasteiger partial charge in [-0.15, -0.1) is 0 Å². The molecule has 72 valence electrons. The molecule has 0 atom stereocenters. The normalized spacial score (nSPS) is 8.57. The van der Waals surface area contributed by atoms with E-state index in [1.807, 2.05) is 18.2 Å². The minimum absolute atomic E-state index is 0.972. The number of rotatable bonds is 0. The van der Waals surface area contributed by atoms with Crippen LogP contribution >= 0.6 is 0 Å². The standard InChI is InChI=1S/C5H5N.C4H4N2O2/c1-2-4-6-5-3-1;7-4(8)6-2-1-5-3-6/h1-5H;1-3H,(H,7,8). The number of carbonyl (C=O) groups is 1. The summed E-state index contributed by atoms with van der Waals surface area (Å²) in [5, 5.41) is 8.20. The Morgan fingerprint density at radius 1 is 1.07 bits per heavy atom. The first-order valence-corrected chi connectivity index (χ1v) is 3.87. The molecule has 0 radical (unpaired) electrons. The van der Waals surface area contributed by atoms with Crippen molar-refractivity contribution in [3.05, 3.63) is 49.3 Å². The fourth-order valence-corrected chi connectivity index (χ4v) is 0.685. The van der Waals surface area contributed by atoms with Crippen LogP contribution in [-0.4, -0.2) is 25.7 Å². The van der Waals surface area contributed by atoms with Crippen LogP contribution in [0.2, 0.25) is 0 Å². The topological polar surface area (TPSA) is 68.0 Å². The van der Waals surface area contributed by atoms with Gasteiger partial charge in [-0.3, -0.25) is 4.98 Å². The molecule has 0 aliphatic rings. The average Bonchev–Trinajstić information content (AvgIpc) is 2.74. The van der Waals surface area contributed by atoms with Crippen molar-refractivity contribution in [1.29, 1.82) is 0 Å². The van der Waals surface area contributed by atoms with Gasteiger partial charge in [-0.25, -0.2) is 14.3 Å². The molecule has 0 saturated carbocycles. The highest BCUT2D eigenvalue weighted by molar-refractivity contribution is 5.67. The maximum atomic E-state index is 9.98. The lowest BCUT2D eigenvalue weighted by molar-refractivity contribution is 0.196. The third-order valence-electron chi connectivity index (χ3n) is 1.29. The van der Waals surface area contributed by atoms with Crippen LogP contribution in [0.5, 0.6) is 0 Å². The lowest BCUT2D eigenvalue weighted by Crippen LogP contribution is -2.03. The van der Waals surface area contributed by atoms with Gasteiger partial charge >= 0.3 is 6.09 Å². The lowest BCUT2D eigenvalue weighted by Gasteiger charge is -1.85. The van der Waals surface area contributed by atoms with Gasteiger partial charge in [0, 0.05) is 24.8 Å². The Bertz CT molecular complexity index is 332. The van der Waals surface area contributed by atoms with E-state index in [0.29, 0.717) is 0 Å². The van der Waals surface area contributed by atoms with E-state index in [2.05, 4.69) is 9.97 Å². The zero-order chi connectivity index (χ0) is 10.2. The van der Waals surface area contributed by atoms with E-state index >= 15 is 0 Å². The van der Waals surface area contributed by atoms with Gasteiger partial charge in [-0.05, 0) is 12.1 Å². The average molecular weight is 191 g/mol. The first-order chi connectivity index (χ1) is 6.80. The molecule has 0 fully saturated rings. The Morgan fingerprint density at radius 2 is 1.79 bits per heavy atom. The molecule has 0 bridgehead atoms. The molecular weight excluding hydrogens is 182 g/mol. The number of pyridine rings is 1. The van der Waals surface area contributed by atoms with Crippen molar-refractivity contribution in [2.45, 2.75) is 0 Å². The predicted octanol–water partition coefficient (Wildman–Crippen LogP) is 1.49. The highest BCUT2D eigenvalue weighted by Gasteiger charge is 1.94. The van der Waals surface area contributed by atoms with Gasteiger partial charge in [-0.2, -0.15) is 0 Å². The van der Waals surface area contributed by atoms with Gasteiger partial charge in [0.1, 0.15) is 6.33 Å². The second-order valence-electron chi connectivity index (χ2n) is 2.28. The number of imidazole rings is 1. The summed E-state index contributed by atoms with van der Waals surface area (Å²) >= 11 is 0. The van der Waals surface area contributed by atoms with Crippen molar-refractivity contribution < 1.29 is 9.90 Å². The van der Waals surface area contributed by atoms with Crippen molar-refractivity contribution >= 4 is 6.09 Å². The van der Waals surface area contributed by atoms with E-state index in [9.17, 15) is 4.79 Å². The fourth-order valence-electron chi connectivity index (χ4n) is 0.685. The largest absolute Gasteiger partial charge is 0.464 e. The van der Waals surface area contributed by atoms with E-state index in [1.165, 1.54) is 18.7 Å². The second kappa shape index (κ2) is 5.47. The molecule has 0 aliphatic heterocycles. The van der Waals surface area contributed by atoms with Crippen molar-refractivity contribution in [2.24, 2.45) is 0 Å². The van der Waals surface area contributed by atoms with E-state index < -0.39 is 6.09 Å². The Hall–Kier alpha value is -2.17. The minimum Gasteiger partial charge on any atom is -0.464 e. The molecule has 0 aromatic carbocycles. The molecule has 2 aromatic rings. The van der Waals surface area contributed by atoms with Gasteiger partial charge in [0.25, 0.3) is 0 Å². The highest BCUT2D eigenvalue weighted by Crippen LogP contribution is 1.81. The van der Waals surface area contributed by atoms with E-state index in [-0.39, 0.29) is 0 Å². The maximum Gasteiger partial charge on any atom is 0.416 e. The molecule has 2 rings (SSSR count). The molecule has 0 saturated heterocycles. The van der Waals surface area contributed by atoms with Gasteiger partial charge in [0.05, 0.1) is 0 Å². The number of aromatic nitrogens is 3. The quantitative estimate of drug-likeness (QED) is 0.685. The molecule has 5 heteroatoms. The Labute approximate surface area is 80.7 Å². The summed E-state index contributed by atoms with van der Waals surface area (Å²) in [6.45, 7) is 0. The van der Waals surface area contributed by atoms with Crippen molar-refractivity contribution in [3.8, 4) is 0 Å². The molecule has 0 spiro atoms. The summed E-state index contributed by atoms with van der Waals surface area (Å²) in [5.74, 6) is 0. The van der Waals surface area contributed by atoms with E-state index in [4.69, 9.17) is 5.11 Å². The van der Waals surface area contributed by atoms with Gasteiger partial charge in [-0.1, -0.05) is 6.07 Å². The minimum atomic E-state index is -1.01. The predicted molar refractivity (Wildman–Crippen MR) is 49.9 cm³/mol. The molecule has 0 aliphatic carbocycles. The molecule has 2 aromatic heterocycles. The van der Waals surface area contributed by atoms with Crippen LogP contribution in [0.4, 0.5) is 4.79 Å². The number of nitrogens with zero attached hydrogens (tertiary/aromatic N) is 3.